The molecule has 0 saturated heterocycles. The lowest BCUT2D eigenvalue weighted by Gasteiger charge is -2.12. The van der Waals surface area contributed by atoms with E-state index >= 15 is 0 Å². The van der Waals surface area contributed by atoms with Gasteiger partial charge in [0.15, 0.2) is 5.84 Å². The van der Waals surface area contributed by atoms with E-state index in [0.717, 1.165) is 22.4 Å². The summed E-state index contributed by atoms with van der Waals surface area (Å²) in [6, 6.07) is 55.8. The van der Waals surface area contributed by atoms with E-state index in [1.54, 1.807) is 0 Å². The van der Waals surface area contributed by atoms with E-state index in [1.807, 2.05) is 41.8 Å². The van der Waals surface area contributed by atoms with E-state index in [4.69, 9.17) is 9.98 Å². The van der Waals surface area contributed by atoms with Gasteiger partial charge in [-0.05, 0) is 47.5 Å². The van der Waals surface area contributed by atoms with Gasteiger partial charge in [-0.1, -0.05) is 121 Å². The highest BCUT2D eigenvalue weighted by molar-refractivity contribution is 7.27. The van der Waals surface area contributed by atoms with Crippen molar-refractivity contribution >= 4 is 76.1 Å². The number of hydrogen-bond acceptors (Lipinski definition) is 2. The number of fused-ring (bicyclic) bond motifs is 10. The molecule has 0 radical (unpaired) electrons. The van der Waals surface area contributed by atoms with E-state index in [2.05, 4.69) is 138 Å². The molecule has 2 aromatic heterocycles. The fourth-order valence-corrected chi connectivity index (χ4v) is 8.03. The van der Waals surface area contributed by atoms with Gasteiger partial charge in [0.05, 0.1) is 17.6 Å². The Balaban J connectivity index is 1.25. The van der Waals surface area contributed by atoms with Crippen LogP contribution >= 0.6 is 11.3 Å². The molecule has 0 aliphatic rings. The second-order valence-electron chi connectivity index (χ2n) is 11.8. The van der Waals surface area contributed by atoms with Crippen molar-refractivity contribution in [3.05, 3.63) is 174 Å². The van der Waals surface area contributed by atoms with Gasteiger partial charge in [-0.2, -0.15) is 0 Å². The summed E-state index contributed by atoms with van der Waals surface area (Å²) in [5.74, 6) is 0.711. The summed E-state index contributed by atoms with van der Waals surface area (Å²) in [5.41, 5.74) is 6.72. The Morgan fingerprint density at radius 2 is 1.21 bits per heavy atom. The Morgan fingerprint density at radius 3 is 2.00 bits per heavy atom. The standard InChI is InChI=1S/C43H29N3S/c1-3-13-29(14-4-1)27-44-43(45-28-30-15-5-2-6-16-30)31-23-25-32(26-24-31)46-37-21-11-9-19-35(37)39-40-36-20-10-12-22-38(36)47-42(40)34-18-8-7-17-33(34)41(39)46/h1-27H,28H2. The molecule has 222 valence electrons. The van der Waals surface area contributed by atoms with Gasteiger partial charge < -0.3 is 4.57 Å². The van der Waals surface area contributed by atoms with Crippen molar-refractivity contribution in [2.45, 2.75) is 6.54 Å². The Labute approximate surface area is 276 Å². The molecule has 47 heavy (non-hydrogen) atoms. The number of benzene rings is 7. The molecular formula is C43H29N3S. The molecule has 0 unspecified atom stereocenters. The van der Waals surface area contributed by atoms with Crippen LogP contribution in [0.15, 0.2) is 168 Å². The Hall–Kier alpha value is -5.84. The Bertz CT molecular complexity index is 2630. The van der Waals surface area contributed by atoms with Crippen molar-refractivity contribution in [3.63, 3.8) is 0 Å². The molecule has 0 N–H and O–H groups in total. The first-order valence-corrected chi connectivity index (χ1v) is 16.7. The molecule has 3 nitrogen and oxygen atoms in total. The third-order valence-electron chi connectivity index (χ3n) is 8.92. The lowest BCUT2D eigenvalue weighted by Crippen LogP contribution is -2.01. The van der Waals surface area contributed by atoms with E-state index in [9.17, 15) is 0 Å². The van der Waals surface area contributed by atoms with Gasteiger partial charge in [-0.15, -0.1) is 11.3 Å². The molecule has 0 amide bonds. The van der Waals surface area contributed by atoms with Crippen LogP contribution in [0.3, 0.4) is 0 Å². The number of rotatable bonds is 5. The van der Waals surface area contributed by atoms with E-state index in [0.29, 0.717) is 12.4 Å². The summed E-state index contributed by atoms with van der Waals surface area (Å²) in [7, 11) is 0. The molecular weight excluding hydrogens is 591 g/mol. The van der Waals surface area contributed by atoms with Crippen LogP contribution in [-0.2, 0) is 6.54 Å². The van der Waals surface area contributed by atoms with Crippen molar-refractivity contribution in [1.82, 2.24) is 4.57 Å². The molecule has 0 aliphatic heterocycles. The molecule has 2 heterocycles. The minimum atomic E-state index is 0.563. The summed E-state index contributed by atoms with van der Waals surface area (Å²) in [4.78, 5) is 9.87. The lowest BCUT2D eigenvalue weighted by atomic mass is 10.00. The van der Waals surface area contributed by atoms with E-state index < -0.39 is 0 Å². The van der Waals surface area contributed by atoms with Crippen molar-refractivity contribution in [2.75, 3.05) is 0 Å². The number of thiophene rings is 1. The molecule has 9 aromatic rings. The predicted molar refractivity (Wildman–Crippen MR) is 202 cm³/mol. The first-order chi connectivity index (χ1) is 23.3. The number of hydrogen-bond donors (Lipinski definition) is 0. The fraction of sp³-hybridized carbons (Fsp3) is 0.0233. The number of aliphatic imine (C=N–C) groups is 2. The highest BCUT2D eigenvalue weighted by Crippen LogP contribution is 2.47. The van der Waals surface area contributed by atoms with Crippen LogP contribution < -0.4 is 0 Å². The molecule has 0 spiro atoms. The summed E-state index contributed by atoms with van der Waals surface area (Å²) in [6.07, 6.45) is 1.90. The monoisotopic (exact) mass is 619 g/mol. The quantitative estimate of drug-likeness (QED) is 0.136. The van der Waals surface area contributed by atoms with Gasteiger partial charge >= 0.3 is 0 Å². The molecule has 4 heteroatoms. The summed E-state index contributed by atoms with van der Waals surface area (Å²) in [5, 5.41) is 7.80. The first-order valence-electron chi connectivity index (χ1n) is 15.9. The predicted octanol–water partition coefficient (Wildman–Crippen LogP) is 11.4. The lowest BCUT2D eigenvalue weighted by molar-refractivity contribution is 1.06. The maximum absolute atomic E-state index is 4.98. The zero-order valence-electron chi connectivity index (χ0n) is 25.5. The van der Waals surface area contributed by atoms with Gasteiger partial charge in [0.1, 0.15) is 0 Å². The van der Waals surface area contributed by atoms with Crippen LogP contribution in [0.2, 0.25) is 0 Å². The van der Waals surface area contributed by atoms with Gasteiger partial charge in [0.2, 0.25) is 0 Å². The maximum atomic E-state index is 4.98. The smallest absolute Gasteiger partial charge is 0.154 e. The van der Waals surface area contributed by atoms with Crippen molar-refractivity contribution in [2.24, 2.45) is 9.98 Å². The number of aromatic nitrogens is 1. The van der Waals surface area contributed by atoms with Crippen molar-refractivity contribution in [1.29, 1.82) is 0 Å². The van der Waals surface area contributed by atoms with Gasteiger partial charge in [-0.25, -0.2) is 4.99 Å². The molecule has 0 saturated carbocycles. The highest BCUT2D eigenvalue weighted by Gasteiger charge is 2.21. The maximum Gasteiger partial charge on any atom is 0.154 e. The zero-order chi connectivity index (χ0) is 31.2. The number of nitrogens with zero attached hydrogens (tertiary/aromatic N) is 3. The zero-order valence-corrected chi connectivity index (χ0v) is 26.4. The Kier molecular flexibility index (Phi) is 6.72. The minimum absolute atomic E-state index is 0.563. The molecule has 0 fully saturated rings. The molecule has 0 atom stereocenters. The van der Waals surface area contributed by atoms with E-state index in [1.165, 1.54) is 52.8 Å². The highest BCUT2D eigenvalue weighted by atomic mass is 32.1. The first kappa shape index (κ1) is 27.5. The molecule has 0 bridgehead atoms. The van der Waals surface area contributed by atoms with Crippen LogP contribution in [0.4, 0.5) is 0 Å². The second-order valence-corrected chi connectivity index (χ2v) is 12.8. The fourth-order valence-electron chi connectivity index (χ4n) is 6.78. The summed E-state index contributed by atoms with van der Waals surface area (Å²) in [6.45, 7) is 0.563. The normalized spacial score (nSPS) is 12.4. The molecule has 0 aliphatic carbocycles. The van der Waals surface area contributed by atoms with Crippen molar-refractivity contribution in [3.8, 4) is 5.69 Å². The average molecular weight is 620 g/mol. The van der Waals surface area contributed by atoms with Crippen LogP contribution in [0, 0.1) is 0 Å². The molecule has 9 rings (SSSR count). The SMILES string of the molecule is C(=NC(=NCc1ccccc1)c1ccc(-n2c3ccccc3c3c4c5ccccc5sc4c4ccccc4c32)cc1)c1ccccc1. The van der Waals surface area contributed by atoms with Gasteiger partial charge in [0.25, 0.3) is 0 Å². The number of amidine groups is 1. The van der Waals surface area contributed by atoms with Crippen LogP contribution in [-0.4, -0.2) is 16.6 Å². The number of para-hydroxylation sites is 1. The topological polar surface area (TPSA) is 29.6 Å². The van der Waals surface area contributed by atoms with Crippen LogP contribution in [0.5, 0.6) is 0 Å². The second kappa shape index (κ2) is 11.5. The minimum Gasteiger partial charge on any atom is -0.309 e. The largest absolute Gasteiger partial charge is 0.309 e. The average Bonchev–Trinajstić information content (AvgIpc) is 3.69. The van der Waals surface area contributed by atoms with Gasteiger partial charge in [0, 0.05) is 59.2 Å². The summed E-state index contributed by atoms with van der Waals surface area (Å²) >= 11 is 1.89. The Morgan fingerprint density at radius 1 is 0.574 bits per heavy atom. The third-order valence-corrected chi connectivity index (χ3v) is 10.1. The van der Waals surface area contributed by atoms with Crippen LogP contribution in [0.1, 0.15) is 16.7 Å². The van der Waals surface area contributed by atoms with E-state index in [-0.39, 0.29) is 0 Å². The molecule has 7 aromatic carbocycles. The van der Waals surface area contributed by atoms with Gasteiger partial charge in [-0.3, -0.25) is 4.99 Å². The van der Waals surface area contributed by atoms with Crippen LogP contribution in [0.25, 0.3) is 58.4 Å². The summed E-state index contributed by atoms with van der Waals surface area (Å²) < 4.78 is 5.11. The third kappa shape index (κ3) is 4.73. The van der Waals surface area contributed by atoms with Crippen molar-refractivity contribution < 1.29 is 0 Å².